The number of rotatable bonds is 6. The van der Waals surface area contributed by atoms with E-state index in [1.54, 1.807) is 23.7 Å². The molecule has 0 unspecified atom stereocenters. The van der Waals surface area contributed by atoms with Gasteiger partial charge in [-0.05, 0) is 55.0 Å². The highest BCUT2D eigenvalue weighted by atomic mass is 35.5. The lowest BCUT2D eigenvalue weighted by molar-refractivity contribution is 0.0785. The third-order valence-electron chi connectivity index (χ3n) is 5.05. The molecule has 1 amide bonds. The highest BCUT2D eigenvalue weighted by Gasteiger charge is 2.27. The van der Waals surface area contributed by atoms with Crippen LogP contribution in [0.25, 0.3) is 0 Å². The Morgan fingerprint density at radius 1 is 1.10 bits per heavy atom. The number of benzene rings is 2. The number of sulfonamides is 1. The third kappa shape index (κ3) is 5.15. The second-order valence-corrected chi connectivity index (χ2v) is 10.3. The standard InChI is InChI=1S/C21H25ClN2O3S2/c1-23(15-16-6-8-17(28-2)9-7-16)21(25)19-14-18(10-11-20(19)22)29(26,27)24-12-4-3-5-13-24/h6-11,14H,3-5,12-13,15H2,1-2H3. The second-order valence-electron chi connectivity index (χ2n) is 7.12. The zero-order chi connectivity index (χ0) is 21.0. The molecule has 1 aliphatic rings. The maximum absolute atomic E-state index is 13.0. The fourth-order valence-electron chi connectivity index (χ4n) is 3.37. The Morgan fingerprint density at radius 2 is 1.76 bits per heavy atom. The van der Waals surface area contributed by atoms with Crippen molar-refractivity contribution in [1.82, 2.24) is 9.21 Å². The summed E-state index contributed by atoms with van der Waals surface area (Å²) in [5.74, 6) is -0.306. The van der Waals surface area contributed by atoms with E-state index in [0.29, 0.717) is 19.6 Å². The number of nitrogens with zero attached hydrogens (tertiary/aromatic N) is 2. The van der Waals surface area contributed by atoms with E-state index in [-0.39, 0.29) is 21.4 Å². The van der Waals surface area contributed by atoms with Crippen LogP contribution in [0.15, 0.2) is 52.3 Å². The molecule has 0 aliphatic carbocycles. The van der Waals surface area contributed by atoms with Crippen molar-refractivity contribution >= 4 is 39.3 Å². The molecule has 5 nitrogen and oxygen atoms in total. The average molecular weight is 453 g/mol. The van der Waals surface area contributed by atoms with Crippen LogP contribution in [0.4, 0.5) is 0 Å². The van der Waals surface area contributed by atoms with Crippen LogP contribution < -0.4 is 0 Å². The Morgan fingerprint density at radius 3 is 2.38 bits per heavy atom. The molecule has 0 radical (unpaired) electrons. The van der Waals surface area contributed by atoms with Crippen molar-refractivity contribution in [2.24, 2.45) is 0 Å². The number of hydrogen-bond donors (Lipinski definition) is 0. The molecule has 2 aromatic rings. The predicted octanol–water partition coefficient (Wildman–Crippen LogP) is 4.51. The smallest absolute Gasteiger partial charge is 0.255 e. The molecule has 1 fully saturated rings. The molecular weight excluding hydrogens is 428 g/mol. The minimum Gasteiger partial charge on any atom is -0.337 e. The highest BCUT2D eigenvalue weighted by molar-refractivity contribution is 7.98. The minimum atomic E-state index is -3.63. The van der Waals surface area contributed by atoms with Gasteiger partial charge in [-0.2, -0.15) is 4.31 Å². The quantitative estimate of drug-likeness (QED) is 0.605. The summed E-state index contributed by atoms with van der Waals surface area (Å²) < 4.78 is 27.4. The van der Waals surface area contributed by atoms with Gasteiger partial charge in [0.05, 0.1) is 15.5 Å². The Kier molecular flexibility index (Phi) is 7.27. The van der Waals surface area contributed by atoms with Crippen LogP contribution in [0.5, 0.6) is 0 Å². The van der Waals surface area contributed by atoms with Crippen LogP contribution in [-0.2, 0) is 16.6 Å². The normalized spacial score (nSPS) is 15.3. The third-order valence-corrected chi connectivity index (χ3v) is 8.01. The summed E-state index contributed by atoms with van der Waals surface area (Å²) in [5.41, 5.74) is 1.19. The van der Waals surface area contributed by atoms with E-state index in [9.17, 15) is 13.2 Å². The van der Waals surface area contributed by atoms with Gasteiger partial charge < -0.3 is 4.90 Å². The summed E-state index contributed by atoms with van der Waals surface area (Å²) in [4.78, 5) is 15.8. The molecular formula is C21H25ClN2O3S2. The molecule has 0 aromatic heterocycles. The monoisotopic (exact) mass is 452 g/mol. The van der Waals surface area contributed by atoms with Gasteiger partial charge in [0.1, 0.15) is 0 Å². The van der Waals surface area contributed by atoms with Crippen LogP contribution in [0.2, 0.25) is 5.02 Å². The summed E-state index contributed by atoms with van der Waals surface area (Å²) in [6, 6.07) is 12.4. The molecule has 8 heteroatoms. The zero-order valence-electron chi connectivity index (χ0n) is 16.6. The van der Waals surface area contributed by atoms with E-state index < -0.39 is 10.0 Å². The van der Waals surface area contributed by atoms with Gasteiger partial charge in [-0.3, -0.25) is 4.79 Å². The molecule has 29 heavy (non-hydrogen) atoms. The van der Waals surface area contributed by atoms with E-state index >= 15 is 0 Å². The maximum Gasteiger partial charge on any atom is 0.255 e. The van der Waals surface area contributed by atoms with E-state index in [2.05, 4.69) is 0 Å². The number of carbonyl (C=O) groups is 1. The molecule has 0 saturated carbocycles. The van der Waals surface area contributed by atoms with Gasteiger partial charge in [0, 0.05) is 31.6 Å². The van der Waals surface area contributed by atoms with Crippen molar-refractivity contribution in [3.8, 4) is 0 Å². The molecule has 0 spiro atoms. The summed E-state index contributed by atoms with van der Waals surface area (Å²) in [6.45, 7) is 1.44. The lowest BCUT2D eigenvalue weighted by Crippen LogP contribution is -2.35. The molecule has 1 saturated heterocycles. The summed E-state index contributed by atoms with van der Waals surface area (Å²) >= 11 is 7.91. The summed E-state index contributed by atoms with van der Waals surface area (Å²) in [6.07, 6.45) is 4.77. The maximum atomic E-state index is 13.0. The van der Waals surface area contributed by atoms with Crippen molar-refractivity contribution in [3.63, 3.8) is 0 Å². The number of piperidine rings is 1. The van der Waals surface area contributed by atoms with Gasteiger partial charge in [0.25, 0.3) is 5.91 Å². The molecule has 1 heterocycles. The number of thioether (sulfide) groups is 1. The summed E-state index contributed by atoms with van der Waals surface area (Å²) in [5, 5.41) is 0.247. The van der Waals surface area contributed by atoms with Gasteiger partial charge in [0.2, 0.25) is 10.0 Å². The molecule has 156 valence electrons. The Bertz CT molecular complexity index is 972. The topological polar surface area (TPSA) is 57.7 Å². The lowest BCUT2D eigenvalue weighted by atomic mass is 10.1. The van der Waals surface area contributed by atoms with Crippen molar-refractivity contribution in [3.05, 3.63) is 58.6 Å². The van der Waals surface area contributed by atoms with Crippen molar-refractivity contribution in [2.45, 2.75) is 35.6 Å². The van der Waals surface area contributed by atoms with Crippen molar-refractivity contribution in [1.29, 1.82) is 0 Å². The van der Waals surface area contributed by atoms with E-state index in [0.717, 1.165) is 29.7 Å². The molecule has 3 rings (SSSR count). The second kappa shape index (κ2) is 9.51. The van der Waals surface area contributed by atoms with Gasteiger partial charge >= 0.3 is 0 Å². The fraction of sp³-hybridized carbons (Fsp3) is 0.381. The molecule has 2 aromatic carbocycles. The number of hydrogen-bond acceptors (Lipinski definition) is 4. The number of amides is 1. The van der Waals surface area contributed by atoms with Crippen LogP contribution in [0.1, 0.15) is 35.2 Å². The zero-order valence-corrected chi connectivity index (χ0v) is 19.0. The van der Waals surface area contributed by atoms with E-state index in [1.165, 1.54) is 22.5 Å². The van der Waals surface area contributed by atoms with Crippen LogP contribution in [0.3, 0.4) is 0 Å². The molecule has 0 atom stereocenters. The van der Waals surface area contributed by atoms with E-state index in [1.807, 2.05) is 30.5 Å². The van der Waals surface area contributed by atoms with Gasteiger partial charge in [0.15, 0.2) is 0 Å². The average Bonchev–Trinajstić information content (AvgIpc) is 2.74. The van der Waals surface area contributed by atoms with Crippen LogP contribution >= 0.6 is 23.4 Å². The Labute approximate surface area is 182 Å². The predicted molar refractivity (Wildman–Crippen MR) is 118 cm³/mol. The fourth-order valence-corrected chi connectivity index (χ4v) is 5.52. The largest absolute Gasteiger partial charge is 0.337 e. The Balaban J connectivity index is 1.81. The molecule has 0 bridgehead atoms. The van der Waals surface area contributed by atoms with Gasteiger partial charge in [-0.15, -0.1) is 11.8 Å². The van der Waals surface area contributed by atoms with Crippen LogP contribution in [0, 0.1) is 0 Å². The minimum absolute atomic E-state index is 0.116. The summed E-state index contributed by atoms with van der Waals surface area (Å²) in [7, 11) is -1.94. The van der Waals surface area contributed by atoms with E-state index in [4.69, 9.17) is 11.6 Å². The van der Waals surface area contributed by atoms with Crippen molar-refractivity contribution in [2.75, 3.05) is 26.4 Å². The number of carbonyl (C=O) groups excluding carboxylic acids is 1. The highest BCUT2D eigenvalue weighted by Crippen LogP contribution is 2.26. The van der Waals surface area contributed by atoms with Gasteiger partial charge in [-0.1, -0.05) is 30.2 Å². The molecule has 0 N–H and O–H groups in total. The first-order valence-electron chi connectivity index (χ1n) is 9.51. The SMILES string of the molecule is CSc1ccc(CN(C)C(=O)c2cc(S(=O)(=O)N3CCCCC3)ccc2Cl)cc1. The first-order chi connectivity index (χ1) is 13.8. The number of halogens is 1. The van der Waals surface area contributed by atoms with Crippen LogP contribution in [-0.4, -0.2) is 49.9 Å². The van der Waals surface area contributed by atoms with Gasteiger partial charge in [-0.25, -0.2) is 8.42 Å². The van der Waals surface area contributed by atoms with Crippen molar-refractivity contribution < 1.29 is 13.2 Å². The molecule has 1 aliphatic heterocycles. The first kappa shape index (κ1) is 22.2. The first-order valence-corrected chi connectivity index (χ1v) is 12.6. The Hall–Kier alpha value is -1.54. The lowest BCUT2D eigenvalue weighted by Gasteiger charge is -2.26.